The first-order chi connectivity index (χ1) is 10.2. The number of hydrogen-bond acceptors (Lipinski definition) is 4. The van der Waals surface area contributed by atoms with Crippen LogP contribution in [0, 0.1) is 6.92 Å². The maximum Gasteiger partial charge on any atom is 0.134 e. The topological polar surface area (TPSA) is 52.0 Å². The highest BCUT2D eigenvalue weighted by Gasteiger charge is 2.15. The molecule has 0 aliphatic carbocycles. The lowest BCUT2D eigenvalue weighted by Crippen LogP contribution is -2.10. The Labute approximate surface area is 126 Å². The Morgan fingerprint density at radius 2 is 2.10 bits per heavy atom. The Morgan fingerprint density at radius 3 is 3.00 bits per heavy atom. The molecule has 104 valence electrons. The van der Waals surface area contributed by atoms with Crippen molar-refractivity contribution in [1.29, 1.82) is 0 Å². The van der Waals surface area contributed by atoms with E-state index in [4.69, 9.17) is 10.2 Å². The summed E-state index contributed by atoms with van der Waals surface area (Å²) < 4.78 is 7.03. The van der Waals surface area contributed by atoms with E-state index in [9.17, 15) is 0 Å². The summed E-state index contributed by atoms with van der Waals surface area (Å²) in [5, 5.41) is 3.13. The van der Waals surface area contributed by atoms with Crippen LogP contribution < -0.4 is 5.73 Å². The van der Waals surface area contributed by atoms with Crippen molar-refractivity contribution in [3.05, 3.63) is 64.9 Å². The smallest absolute Gasteiger partial charge is 0.134 e. The number of nitrogens with zero attached hydrogens (tertiary/aromatic N) is 1. The SMILES string of the molecule is Cc1ccc2oc(C(N)c3cnc4ccsc4c3)cc2c1. The number of nitrogens with two attached hydrogens (primary N) is 1. The Hall–Kier alpha value is -2.17. The third-order valence-corrected chi connectivity index (χ3v) is 4.53. The lowest BCUT2D eigenvalue weighted by molar-refractivity contribution is 0.525. The summed E-state index contributed by atoms with van der Waals surface area (Å²) >= 11 is 1.67. The maximum atomic E-state index is 6.35. The monoisotopic (exact) mass is 294 g/mol. The van der Waals surface area contributed by atoms with Crippen molar-refractivity contribution in [2.45, 2.75) is 13.0 Å². The van der Waals surface area contributed by atoms with Crippen LogP contribution in [0.25, 0.3) is 21.2 Å². The summed E-state index contributed by atoms with van der Waals surface area (Å²) in [7, 11) is 0. The molecule has 0 saturated carbocycles. The van der Waals surface area contributed by atoms with Crippen molar-refractivity contribution in [3.8, 4) is 0 Å². The number of thiophene rings is 1. The summed E-state index contributed by atoms with van der Waals surface area (Å²) in [6.45, 7) is 2.07. The molecule has 4 heteroatoms. The molecule has 1 atom stereocenters. The normalized spacial score (nSPS) is 13.0. The largest absolute Gasteiger partial charge is 0.459 e. The van der Waals surface area contributed by atoms with Gasteiger partial charge in [0.05, 0.1) is 16.3 Å². The van der Waals surface area contributed by atoms with Gasteiger partial charge in [0.25, 0.3) is 0 Å². The first-order valence-electron chi connectivity index (χ1n) is 6.79. The maximum absolute atomic E-state index is 6.35. The second-order valence-corrected chi connectivity index (χ2v) is 6.19. The van der Waals surface area contributed by atoms with E-state index in [1.54, 1.807) is 11.3 Å². The van der Waals surface area contributed by atoms with Gasteiger partial charge >= 0.3 is 0 Å². The fraction of sp³-hybridized carbons (Fsp3) is 0.118. The molecule has 4 rings (SSSR count). The Morgan fingerprint density at radius 1 is 1.19 bits per heavy atom. The van der Waals surface area contributed by atoms with Crippen molar-refractivity contribution >= 4 is 32.5 Å². The van der Waals surface area contributed by atoms with Crippen molar-refractivity contribution in [1.82, 2.24) is 4.98 Å². The summed E-state index contributed by atoms with van der Waals surface area (Å²) in [6.07, 6.45) is 1.83. The fourth-order valence-electron chi connectivity index (χ4n) is 2.53. The summed E-state index contributed by atoms with van der Waals surface area (Å²) in [4.78, 5) is 4.44. The standard InChI is InChI=1S/C17H14N2OS/c1-10-2-3-14-11(6-10)7-15(20-14)17(18)12-8-16-13(19-9-12)4-5-21-16/h2-9,17H,18H2,1H3. The molecule has 21 heavy (non-hydrogen) atoms. The second-order valence-electron chi connectivity index (χ2n) is 5.24. The predicted octanol–water partition coefficient (Wildman–Crippen LogP) is 4.40. The zero-order valence-electron chi connectivity index (χ0n) is 11.5. The van der Waals surface area contributed by atoms with Gasteiger partial charge in [0, 0.05) is 11.6 Å². The van der Waals surface area contributed by atoms with Crippen LogP contribution in [0.1, 0.15) is 22.9 Å². The molecule has 2 N–H and O–H groups in total. The van der Waals surface area contributed by atoms with Crippen molar-refractivity contribution in [3.63, 3.8) is 0 Å². The van der Waals surface area contributed by atoms with Gasteiger partial charge in [0.2, 0.25) is 0 Å². The first kappa shape index (κ1) is 12.6. The van der Waals surface area contributed by atoms with Crippen LogP contribution in [-0.4, -0.2) is 4.98 Å². The van der Waals surface area contributed by atoms with Gasteiger partial charge in [0.15, 0.2) is 0 Å². The minimum absolute atomic E-state index is 0.295. The molecule has 3 nitrogen and oxygen atoms in total. The van der Waals surface area contributed by atoms with Gasteiger partial charge in [-0.2, -0.15) is 0 Å². The third kappa shape index (κ3) is 2.13. The van der Waals surface area contributed by atoms with Crippen molar-refractivity contribution in [2.24, 2.45) is 5.73 Å². The van der Waals surface area contributed by atoms with Gasteiger partial charge in [-0.25, -0.2) is 0 Å². The van der Waals surface area contributed by atoms with Crippen molar-refractivity contribution in [2.75, 3.05) is 0 Å². The molecular weight excluding hydrogens is 280 g/mol. The van der Waals surface area contributed by atoms with E-state index in [1.807, 2.05) is 35.8 Å². The highest BCUT2D eigenvalue weighted by Crippen LogP contribution is 2.29. The average Bonchev–Trinajstić information content (AvgIpc) is 3.11. The quantitative estimate of drug-likeness (QED) is 0.596. The van der Waals surface area contributed by atoms with E-state index in [0.717, 1.165) is 32.5 Å². The molecule has 0 aliphatic heterocycles. The Kier molecular flexibility index (Phi) is 2.80. The summed E-state index contributed by atoms with van der Waals surface area (Å²) in [5.74, 6) is 0.772. The van der Waals surface area contributed by atoms with E-state index < -0.39 is 0 Å². The summed E-state index contributed by atoms with van der Waals surface area (Å²) in [6, 6.07) is 12.0. The molecule has 3 heterocycles. The molecule has 0 spiro atoms. The van der Waals surface area contributed by atoms with E-state index in [-0.39, 0.29) is 6.04 Å². The molecular formula is C17H14N2OS. The van der Waals surface area contributed by atoms with Gasteiger partial charge in [-0.05, 0) is 48.2 Å². The molecule has 1 aromatic carbocycles. The van der Waals surface area contributed by atoms with Crippen LogP contribution in [0.4, 0.5) is 0 Å². The van der Waals surface area contributed by atoms with Crippen molar-refractivity contribution < 1.29 is 4.42 Å². The molecule has 0 bridgehead atoms. The Bertz CT molecular complexity index is 938. The zero-order chi connectivity index (χ0) is 14.4. The van der Waals surface area contributed by atoms with Gasteiger partial charge in [-0.3, -0.25) is 4.98 Å². The van der Waals surface area contributed by atoms with Gasteiger partial charge in [-0.1, -0.05) is 11.6 Å². The van der Waals surface area contributed by atoms with Crippen LogP contribution in [0.5, 0.6) is 0 Å². The molecule has 0 saturated heterocycles. The van der Waals surface area contributed by atoms with Crippen LogP contribution in [0.2, 0.25) is 0 Å². The van der Waals surface area contributed by atoms with Crippen LogP contribution in [0.15, 0.2) is 52.4 Å². The predicted molar refractivity (Wildman–Crippen MR) is 86.6 cm³/mol. The molecule has 1 unspecified atom stereocenters. The highest BCUT2D eigenvalue weighted by atomic mass is 32.1. The number of rotatable bonds is 2. The second kappa shape index (κ2) is 4.69. The number of aryl methyl sites for hydroxylation is 1. The fourth-order valence-corrected chi connectivity index (χ4v) is 3.32. The molecule has 0 radical (unpaired) electrons. The lowest BCUT2D eigenvalue weighted by atomic mass is 10.1. The van der Waals surface area contributed by atoms with E-state index in [2.05, 4.69) is 24.0 Å². The van der Waals surface area contributed by atoms with Gasteiger partial charge in [-0.15, -0.1) is 11.3 Å². The van der Waals surface area contributed by atoms with Crippen LogP contribution in [-0.2, 0) is 0 Å². The molecule has 0 amide bonds. The van der Waals surface area contributed by atoms with Crippen LogP contribution in [0.3, 0.4) is 0 Å². The summed E-state index contributed by atoms with van der Waals surface area (Å²) in [5.41, 5.74) is 10.4. The average molecular weight is 294 g/mol. The number of pyridine rings is 1. The van der Waals surface area contributed by atoms with Gasteiger partial charge < -0.3 is 10.2 Å². The number of furan rings is 1. The van der Waals surface area contributed by atoms with Gasteiger partial charge in [0.1, 0.15) is 11.3 Å². The number of fused-ring (bicyclic) bond motifs is 2. The molecule has 3 aromatic heterocycles. The molecule has 0 fully saturated rings. The number of hydrogen-bond donors (Lipinski definition) is 1. The highest BCUT2D eigenvalue weighted by molar-refractivity contribution is 7.17. The van der Waals surface area contributed by atoms with Crippen LogP contribution >= 0.6 is 11.3 Å². The number of aromatic nitrogens is 1. The van der Waals surface area contributed by atoms with E-state index in [1.165, 1.54) is 5.56 Å². The molecule has 4 aromatic rings. The first-order valence-corrected chi connectivity index (χ1v) is 7.67. The van der Waals surface area contributed by atoms with E-state index >= 15 is 0 Å². The third-order valence-electron chi connectivity index (χ3n) is 3.68. The molecule has 0 aliphatic rings. The lowest BCUT2D eigenvalue weighted by Gasteiger charge is -2.08. The minimum Gasteiger partial charge on any atom is -0.459 e. The minimum atomic E-state index is -0.295. The number of benzene rings is 1. The Balaban J connectivity index is 1.79. The zero-order valence-corrected chi connectivity index (χ0v) is 12.4. The van der Waals surface area contributed by atoms with E-state index in [0.29, 0.717) is 0 Å².